The highest BCUT2D eigenvalue weighted by atomic mass is 16.6. The first-order valence-corrected chi connectivity index (χ1v) is 5.81. The van der Waals surface area contributed by atoms with E-state index < -0.39 is 23.6 Å². The molecule has 0 fully saturated rings. The summed E-state index contributed by atoms with van der Waals surface area (Å²) >= 11 is 0. The smallest absolute Gasteiger partial charge is 0.408 e. The van der Waals surface area contributed by atoms with Crippen LogP contribution in [0.25, 0.3) is 0 Å². The number of ether oxygens (including phenoxy) is 1. The molecule has 18 heavy (non-hydrogen) atoms. The molecule has 102 valence electrons. The van der Waals surface area contributed by atoms with E-state index in [1.165, 1.54) is 0 Å². The molecule has 0 spiro atoms. The predicted octanol–water partition coefficient (Wildman–Crippen LogP) is 1.18. The van der Waals surface area contributed by atoms with E-state index in [1.807, 2.05) is 6.07 Å². The quantitative estimate of drug-likeness (QED) is 0.738. The third-order valence-electron chi connectivity index (χ3n) is 1.96. The molecular weight excluding hydrogens is 234 g/mol. The Bertz CT molecular complexity index is 339. The molecule has 0 bridgehead atoms. The third kappa shape index (κ3) is 6.74. The zero-order valence-corrected chi connectivity index (χ0v) is 11.5. The Hall–Kier alpha value is -1.77. The number of hydrogen-bond acceptors (Lipinski definition) is 4. The minimum absolute atomic E-state index is 0.0853. The lowest BCUT2D eigenvalue weighted by atomic mass is 10.0. The van der Waals surface area contributed by atoms with Crippen molar-refractivity contribution in [3.63, 3.8) is 0 Å². The predicted molar refractivity (Wildman–Crippen MR) is 66.6 cm³/mol. The van der Waals surface area contributed by atoms with Crippen LogP contribution in [0.4, 0.5) is 4.79 Å². The Labute approximate surface area is 108 Å². The van der Waals surface area contributed by atoms with Crippen molar-refractivity contribution in [3.8, 4) is 6.07 Å². The van der Waals surface area contributed by atoms with E-state index >= 15 is 0 Å². The minimum Gasteiger partial charge on any atom is -0.444 e. The Morgan fingerprint density at radius 3 is 2.28 bits per heavy atom. The largest absolute Gasteiger partial charge is 0.444 e. The molecule has 0 saturated heterocycles. The summed E-state index contributed by atoms with van der Waals surface area (Å²) in [5.41, 5.74) is -0.616. The number of hydrogen-bond donors (Lipinski definition) is 2. The molecule has 2 N–H and O–H groups in total. The van der Waals surface area contributed by atoms with E-state index in [0.29, 0.717) is 0 Å². The van der Waals surface area contributed by atoms with Crippen LogP contribution in [0.1, 0.15) is 34.6 Å². The summed E-state index contributed by atoms with van der Waals surface area (Å²) in [6.45, 7) is 8.74. The first-order chi connectivity index (χ1) is 8.17. The zero-order chi connectivity index (χ0) is 14.3. The van der Waals surface area contributed by atoms with Crippen molar-refractivity contribution < 1.29 is 14.3 Å². The maximum atomic E-state index is 11.7. The van der Waals surface area contributed by atoms with E-state index in [4.69, 9.17) is 10.00 Å². The number of nitrogens with one attached hydrogen (secondary N) is 2. The lowest BCUT2D eigenvalue weighted by Crippen LogP contribution is -2.50. The number of carbonyl (C=O) groups is 2. The normalized spacial score (nSPS) is 12.5. The van der Waals surface area contributed by atoms with Crippen LogP contribution in [-0.2, 0) is 9.53 Å². The van der Waals surface area contributed by atoms with Crippen LogP contribution in [0.15, 0.2) is 0 Å². The fraction of sp³-hybridized carbons (Fsp3) is 0.750. The van der Waals surface area contributed by atoms with Gasteiger partial charge in [0, 0.05) is 0 Å². The Kier molecular flexibility index (Phi) is 6.17. The lowest BCUT2D eigenvalue weighted by Gasteiger charge is -2.24. The van der Waals surface area contributed by atoms with E-state index in [0.717, 1.165) is 0 Å². The molecular formula is C12H21N3O3. The fourth-order valence-corrected chi connectivity index (χ4v) is 1.21. The molecule has 0 radical (unpaired) electrons. The molecule has 6 nitrogen and oxygen atoms in total. The fourth-order valence-electron chi connectivity index (χ4n) is 1.21. The van der Waals surface area contributed by atoms with E-state index in [2.05, 4.69) is 10.6 Å². The van der Waals surface area contributed by atoms with Crippen LogP contribution >= 0.6 is 0 Å². The molecule has 0 aromatic heterocycles. The Morgan fingerprint density at radius 2 is 1.89 bits per heavy atom. The van der Waals surface area contributed by atoms with Gasteiger partial charge in [0.05, 0.1) is 6.07 Å². The second-order valence-corrected chi connectivity index (χ2v) is 5.24. The highest BCUT2D eigenvalue weighted by Crippen LogP contribution is 2.08. The van der Waals surface area contributed by atoms with E-state index in [-0.39, 0.29) is 12.5 Å². The Morgan fingerprint density at radius 1 is 1.33 bits per heavy atom. The van der Waals surface area contributed by atoms with Crippen molar-refractivity contribution in [1.82, 2.24) is 10.6 Å². The van der Waals surface area contributed by atoms with Gasteiger partial charge in [-0.25, -0.2) is 4.79 Å². The molecule has 6 heteroatoms. The van der Waals surface area contributed by atoms with Gasteiger partial charge < -0.3 is 15.4 Å². The summed E-state index contributed by atoms with van der Waals surface area (Å²) in [6, 6.07) is 1.09. The van der Waals surface area contributed by atoms with Crippen LogP contribution < -0.4 is 10.6 Å². The van der Waals surface area contributed by atoms with Gasteiger partial charge in [0.25, 0.3) is 0 Å². The first kappa shape index (κ1) is 16.2. The zero-order valence-electron chi connectivity index (χ0n) is 11.5. The average molecular weight is 255 g/mol. The number of alkyl carbamates (subject to hydrolysis) is 1. The first-order valence-electron chi connectivity index (χ1n) is 5.81. The number of nitriles is 1. The molecule has 0 heterocycles. The van der Waals surface area contributed by atoms with Gasteiger partial charge in [0.1, 0.15) is 18.2 Å². The minimum atomic E-state index is -0.715. The molecule has 0 saturated carbocycles. The van der Waals surface area contributed by atoms with E-state index in [1.54, 1.807) is 34.6 Å². The van der Waals surface area contributed by atoms with Crippen molar-refractivity contribution in [2.75, 3.05) is 6.54 Å². The molecule has 0 aliphatic heterocycles. The SMILES string of the molecule is CC(C)C(NC(=O)OC(C)(C)C)C(=O)NCC#N. The van der Waals surface area contributed by atoms with Gasteiger partial charge >= 0.3 is 6.09 Å². The van der Waals surface area contributed by atoms with Crippen molar-refractivity contribution in [2.24, 2.45) is 5.92 Å². The molecule has 0 aromatic rings. The molecule has 1 atom stereocenters. The summed E-state index contributed by atoms with van der Waals surface area (Å²) in [7, 11) is 0. The molecule has 0 aromatic carbocycles. The van der Waals surface area contributed by atoms with Crippen molar-refractivity contribution in [1.29, 1.82) is 5.26 Å². The molecule has 0 aliphatic rings. The second kappa shape index (κ2) is 6.84. The number of rotatable bonds is 4. The lowest BCUT2D eigenvalue weighted by molar-refractivity contribution is -0.123. The molecule has 1 unspecified atom stereocenters. The van der Waals surface area contributed by atoms with Gasteiger partial charge in [-0.1, -0.05) is 13.8 Å². The van der Waals surface area contributed by atoms with Gasteiger partial charge in [0.2, 0.25) is 5.91 Å². The van der Waals surface area contributed by atoms with Crippen molar-refractivity contribution in [2.45, 2.75) is 46.3 Å². The summed E-state index contributed by atoms with van der Waals surface area (Å²) in [5, 5.41) is 13.3. The number of nitrogens with zero attached hydrogens (tertiary/aromatic N) is 1. The molecule has 2 amide bonds. The van der Waals surface area contributed by atoms with Crippen molar-refractivity contribution in [3.05, 3.63) is 0 Å². The van der Waals surface area contributed by atoms with Gasteiger partial charge in [-0.05, 0) is 26.7 Å². The van der Waals surface area contributed by atoms with Gasteiger partial charge in [0.15, 0.2) is 0 Å². The topological polar surface area (TPSA) is 91.2 Å². The summed E-state index contributed by atoms with van der Waals surface area (Å²) in [6.07, 6.45) is -0.645. The standard InChI is InChI=1S/C12H21N3O3/c1-8(2)9(10(16)14-7-6-13)15-11(17)18-12(3,4)5/h8-9H,7H2,1-5H3,(H,14,16)(H,15,17). The summed E-state index contributed by atoms with van der Waals surface area (Å²) in [4.78, 5) is 23.3. The maximum absolute atomic E-state index is 11.7. The highest BCUT2D eigenvalue weighted by molar-refractivity contribution is 5.86. The number of amides is 2. The van der Waals surface area contributed by atoms with Crippen molar-refractivity contribution >= 4 is 12.0 Å². The summed E-state index contributed by atoms with van der Waals surface area (Å²) < 4.78 is 5.08. The molecule has 0 rings (SSSR count). The van der Waals surface area contributed by atoms with Crippen LogP contribution in [0, 0.1) is 17.2 Å². The molecule has 0 aliphatic carbocycles. The van der Waals surface area contributed by atoms with Crippen LogP contribution in [0.5, 0.6) is 0 Å². The van der Waals surface area contributed by atoms with Crippen LogP contribution in [-0.4, -0.2) is 30.2 Å². The van der Waals surface area contributed by atoms with Crippen LogP contribution in [0.3, 0.4) is 0 Å². The highest BCUT2D eigenvalue weighted by Gasteiger charge is 2.26. The number of carbonyl (C=O) groups excluding carboxylic acids is 2. The third-order valence-corrected chi connectivity index (χ3v) is 1.96. The van der Waals surface area contributed by atoms with Crippen LogP contribution in [0.2, 0.25) is 0 Å². The monoisotopic (exact) mass is 255 g/mol. The average Bonchev–Trinajstić information content (AvgIpc) is 2.19. The van der Waals surface area contributed by atoms with Gasteiger partial charge in [-0.2, -0.15) is 5.26 Å². The maximum Gasteiger partial charge on any atom is 0.408 e. The summed E-state index contributed by atoms with van der Waals surface area (Å²) in [5.74, 6) is -0.492. The Balaban J connectivity index is 4.50. The van der Waals surface area contributed by atoms with Gasteiger partial charge in [-0.15, -0.1) is 0 Å². The second-order valence-electron chi connectivity index (χ2n) is 5.24. The van der Waals surface area contributed by atoms with Gasteiger partial charge in [-0.3, -0.25) is 4.79 Å². The van der Waals surface area contributed by atoms with E-state index in [9.17, 15) is 9.59 Å².